The molecule has 1 saturated heterocycles. The number of nitrogens with one attached hydrogen (secondary N) is 1. The molecule has 1 fully saturated rings. The number of rotatable bonds is 12. The van der Waals surface area contributed by atoms with E-state index in [4.69, 9.17) is 27.5 Å². The molecule has 2 aromatic carbocycles. The smallest absolute Gasteiger partial charge is 0.348 e. The summed E-state index contributed by atoms with van der Waals surface area (Å²) >= 11 is 6.21. The molecule has 3 heterocycles. The van der Waals surface area contributed by atoms with Gasteiger partial charge in [0.2, 0.25) is 5.28 Å². The van der Waals surface area contributed by atoms with Gasteiger partial charge >= 0.3 is 11.9 Å². The van der Waals surface area contributed by atoms with Crippen molar-refractivity contribution < 1.29 is 39.5 Å². The Balaban J connectivity index is 1.39. The lowest BCUT2D eigenvalue weighted by atomic mass is 9.92. The number of fused-ring (bicyclic) bond motifs is 1. The molecule has 13 nitrogen and oxygen atoms in total. The maximum atomic E-state index is 12.2. The number of imidazole rings is 1. The molecule has 0 bridgehead atoms. The molecule has 0 amide bonds. The zero-order valence-electron chi connectivity index (χ0n) is 23.1. The Kier molecular flexibility index (Phi) is 8.82. The van der Waals surface area contributed by atoms with Crippen LogP contribution in [0.25, 0.3) is 11.2 Å². The number of aliphatic hydroxyl groups excluding tert-OH is 1. The molecule has 4 aromatic rings. The SMILES string of the molecule is C#C[C@@]1(O)[C@@H](COC(Cc2ccccc2)(C(=O)O)C(=O)O)O[C@@H](n2cnc3c(NCCc4ccccc4)nc(Cl)nc32)[C@@H]1O. The number of terminal acetylenes is 1. The Morgan fingerprint density at radius 1 is 1.09 bits per heavy atom. The van der Waals surface area contributed by atoms with Gasteiger partial charge in [-0.05, 0) is 29.1 Å². The van der Waals surface area contributed by atoms with E-state index in [1.165, 1.54) is 10.9 Å². The first-order valence-electron chi connectivity index (χ1n) is 13.4. The summed E-state index contributed by atoms with van der Waals surface area (Å²) in [6.45, 7) is -0.301. The van der Waals surface area contributed by atoms with Crippen molar-refractivity contribution in [1.82, 2.24) is 19.5 Å². The minimum atomic E-state index is -2.74. The molecule has 0 saturated carbocycles. The van der Waals surface area contributed by atoms with E-state index in [1.807, 2.05) is 30.3 Å². The third-order valence-corrected chi connectivity index (χ3v) is 7.60. The van der Waals surface area contributed by atoms with E-state index in [2.05, 4.69) is 26.2 Å². The van der Waals surface area contributed by atoms with Crippen molar-refractivity contribution in [3.8, 4) is 12.3 Å². The zero-order chi connectivity index (χ0) is 31.5. The van der Waals surface area contributed by atoms with E-state index < -0.39 is 54.6 Å². The minimum absolute atomic E-state index is 0.130. The van der Waals surface area contributed by atoms with Crippen molar-refractivity contribution in [2.75, 3.05) is 18.5 Å². The van der Waals surface area contributed by atoms with E-state index in [9.17, 15) is 30.0 Å². The minimum Gasteiger partial charge on any atom is -0.479 e. The zero-order valence-corrected chi connectivity index (χ0v) is 23.8. The monoisotopic (exact) mass is 621 g/mol. The molecule has 0 aliphatic carbocycles. The fourth-order valence-corrected chi connectivity index (χ4v) is 5.17. The van der Waals surface area contributed by atoms with Crippen LogP contribution in [0, 0.1) is 12.3 Å². The Bertz CT molecular complexity index is 1680. The third kappa shape index (κ3) is 5.81. The highest BCUT2D eigenvalue weighted by molar-refractivity contribution is 6.28. The van der Waals surface area contributed by atoms with Gasteiger partial charge in [-0.2, -0.15) is 9.97 Å². The largest absolute Gasteiger partial charge is 0.479 e. The molecule has 0 radical (unpaired) electrons. The highest BCUT2D eigenvalue weighted by atomic mass is 35.5. The number of anilines is 1. The van der Waals surface area contributed by atoms with Gasteiger partial charge in [0, 0.05) is 13.0 Å². The number of hydrogen-bond acceptors (Lipinski definition) is 10. The highest BCUT2D eigenvalue weighted by Gasteiger charge is 2.58. The summed E-state index contributed by atoms with van der Waals surface area (Å²) in [6, 6.07) is 17.8. The van der Waals surface area contributed by atoms with Crippen molar-refractivity contribution in [2.45, 2.75) is 42.5 Å². The van der Waals surface area contributed by atoms with Gasteiger partial charge < -0.3 is 35.2 Å². The molecule has 44 heavy (non-hydrogen) atoms. The van der Waals surface area contributed by atoms with Crippen LogP contribution in [-0.4, -0.2) is 88.4 Å². The molecule has 2 aromatic heterocycles. The van der Waals surface area contributed by atoms with Crippen LogP contribution in [0.15, 0.2) is 67.0 Å². The van der Waals surface area contributed by atoms with E-state index in [0.717, 1.165) is 5.56 Å². The van der Waals surface area contributed by atoms with Crippen molar-refractivity contribution in [2.24, 2.45) is 0 Å². The number of halogens is 1. The van der Waals surface area contributed by atoms with Crippen LogP contribution < -0.4 is 5.32 Å². The maximum Gasteiger partial charge on any atom is 0.348 e. The molecule has 4 atom stereocenters. The lowest BCUT2D eigenvalue weighted by Crippen LogP contribution is -2.55. The maximum absolute atomic E-state index is 12.2. The second kappa shape index (κ2) is 12.6. The number of carbonyl (C=O) groups is 2. The summed E-state index contributed by atoms with van der Waals surface area (Å²) in [6.07, 6.45) is 2.30. The van der Waals surface area contributed by atoms with Gasteiger partial charge in [0.1, 0.15) is 12.2 Å². The lowest BCUT2D eigenvalue weighted by molar-refractivity contribution is -0.191. The molecular formula is C30H28ClN5O8. The van der Waals surface area contributed by atoms with Crippen LogP contribution in [0.2, 0.25) is 5.28 Å². The molecule has 5 rings (SSSR count). The molecule has 5 N–H and O–H groups in total. The number of ether oxygens (including phenoxy) is 2. The van der Waals surface area contributed by atoms with Gasteiger partial charge in [-0.15, -0.1) is 6.42 Å². The van der Waals surface area contributed by atoms with Crippen LogP contribution in [-0.2, 0) is 31.9 Å². The number of benzene rings is 2. The Morgan fingerprint density at radius 2 is 1.73 bits per heavy atom. The Hall–Kier alpha value is -4.58. The summed E-state index contributed by atoms with van der Waals surface area (Å²) in [7, 11) is 0. The van der Waals surface area contributed by atoms with Gasteiger partial charge in [0.25, 0.3) is 5.60 Å². The first-order valence-corrected chi connectivity index (χ1v) is 13.8. The molecule has 0 spiro atoms. The second-order valence-corrected chi connectivity index (χ2v) is 10.5. The fraction of sp³-hybridized carbons (Fsp3) is 0.300. The van der Waals surface area contributed by atoms with Crippen molar-refractivity contribution in [3.05, 3.63) is 83.4 Å². The summed E-state index contributed by atoms with van der Waals surface area (Å²) < 4.78 is 12.7. The summed E-state index contributed by atoms with van der Waals surface area (Å²) in [4.78, 5) is 37.3. The predicted molar refractivity (Wildman–Crippen MR) is 157 cm³/mol. The van der Waals surface area contributed by atoms with Crippen LogP contribution in [0.1, 0.15) is 17.4 Å². The van der Waals surface area contributed by atoms with Crippen LogP contribution in [0.4, 0.5) is 5.82 Å². The van der Waals surface area contributed by atoms with Gasteiger partial charge in [-0.25, -0.2) is 14.6 Å². The number of aromatic nitrogens is 4. The molecule has 1 aliphatic heterocycles. The van der Waals surface area contributed by atoms with Crippen molar-refractivity contribution in [3.63, 3.8) is 0 Å². The number of hydrogen-bond donors (Lipinski definition) is 5. The average molecular weight is 622 g/mol. The number of aliphatic hydroxyl groups is 2. The number of carboxylic acid groups (broad SMARTS) is 2. The molecule has 228 valence electrons. The number of carboxylic acids is 2. The van der Waals surface area contributed by atoms with Crippen LogP contribution >= 0.6 is 11.6 Å². The number of nitrogens with zero attached hydrogens (tertiary/aromatic N) is 4. The first kappa shape index (κ1) is 30.9. The lowest BCUT2D eigenvalue weighted by Gasteiger charge is -2.30. The van der Waals surface area contributed by atoms with Crippen LogP contribution in [0.5, 0.6) is 0 Å². The molecule has 1 aliphatic rings. The molecule has 14 heteroatoms. The topological polar surface area (TPSA) is 189 Å². The van der Waals surface area contributed by atoms with Gasteiger partial charge in [0.15, 0.2) is 28.8 Å². The molecule has 0 unspecified atom stereocenters. The predicted octanol–water partition coefficient (Wildman–Crippen LogP) is 1.92. The molecular weight excluding hydrogens is 594 g/mol. The quantitative estimate of drug-likeness (QED) is 0.0879. The average Bonchev–Trinajstić information content (AvgIpc) is 3.54. The highest BCUT2D eigenvalue weighted by Crippen LogP contribution is 2.39. The van der Waals surface area contributed by atoms with E-state index in [-0.39, 0.29) is 10.9 Å². The summed E-state index contributed by atoms with van der Waals surface area (Å²) in [5.41, 5.74) is -3.24. The summed E-state index contributed by atoms with van der Waals surface area (Å²) in [5, 5.41) is 45.3. The van der Waals surface area contributed by atoms with E-state index >= 15 is 0 Å². The second-order valence-electron chi connectivity index (χ2n) is 10.2. The van der Waals surface area contributed by atoms with Gasteiger partial charge in [0.05, 0.1) is 12.9 Å². The Morgan fingerprint density at radius 3 is 2.34 bits per heavy atom. The van der Waals surface area contributed by atoms with Crippen molar-refractivity contribution >= 4 is 40.5 Å². The Labute approximate surface area is 256 Å². The van der Waals surface area contributed by atoms with Gasteiger partial charge in [-0.3, -0.25) is 4.57 Å². The number of aliphatic carboxylic acids is 2. The van der Waals surface area contributed by atoms with Crippen LogP contribution in [0.3, 0.4) is 0 Å². The normalized spacial score (nSPS) is 21.6. The standard InChI is InChI=1S/C30H28ClN5O8/c1-2-29(42)20(16-43-30(26(38)39,27(40)41)15-19-11-7-4-8-12-19)44-25(22(29)37)36-17-33-21-23(34-28(31)35-24(21)36)32-14-13-18-9-5-3-6-10-18/h1,3-12,17,20,22,25,37,42H,13-16H2,(H,38,39)(H,40,41)(H,32,34,35)/t20-,22+,25-,29-/m1/s1. The first-order chi connectivity index (χ1) is 21.1. The fourth-order valence-electron chi connectivity index (χ4n) is 5.00. The van der Waals surface area contributed by atoms with Gasteiger partial charge in [-0.1, -0.05) is 66.6 Å². The summed E-state index contributed by atoms with van der Waals surface area (Å²) in [5.74, 6) is -1.13. The third-order valence-electron chi connectivity index (χ3n) is 7.43. The van der Waals surface area contributed by atoms with E-state index in [1.54, 1.807) is 30.3 Å². The van der Waals surface area contributed by atoms with Crippen molar-refractivity contribution in [1.29, 1.82) is 0 Å². The van der Waals surface area contributed by atoms with E-state index in [0.29, 0.717) is 29.9 Å².